The van der Waals surface area contributed by atoms with Crippen molar-refractivity contribution in [2.75, 3.05) is 20.6 Å². The number of likely N-dealkylation sites (N-methyl/N-ethyl adjacent to an activating group) is 1. The second-order valence-electron chi connectivity index (χ2n) is 4.76. The number of benzene rings is 1. The minimum Gasteiger partial charge on any atom is -0.481 e. The number of aliphatic carboxylic acids is 1. The van der Waals surface area contributed by atoms with Gasteiger partial charge >= 0.3 is 5.97 Å². The zero-order valence-electron chi connectivity index (χ0n) is 10.8. The molecule has 0 aliphatic rings. The topological polar surface area (TPSA) is 58.4 Å². The van der Waals surface area contributed by atoms with Crippen molar-refractivity contribution >= 4 is 17.0 Å². The van der Waals surface area contributed by atoms with Crippen molar-refractivity contribution in [3.05, 3.63) is 30.1 Å². The first-order chi connectivity index (χ1) is 8.49. The fourth-order valence-corrected chi connectivity index (χ4v) is 2.06. The molecule has 0 fully saturated rings. The number of imidazole rings is 1. The Balaban J connectivity index is 2.41. The van der Waals surface area contributed by atoms with E-state index in [1.54, 1.807) is 6.33 Å². The third kappa shape index (κ3) is 2.36. The number of carboxylic acid groups (broad SMARTS) is 1. The number of rotatable bonds is 4. The maximum Gasteiger partial charge on any atom is 0.312 e. The lowest BCUT2D eigenvalue weighted by atomic mass is 9.98. The Bertz CT molecular complexity index is 575. The van der Waals surface area contributed by atoms with Gasteiger partial charge in [0, 0.05) is 13.6 Å². The molecule has 0 spiro atoms. The molecular weight excluding hydrogens is 230 g/mol. The van der Waals surface area contributed by atoms with Gasteiger partial charge < -0.3 is 14.6 Å². The van der Waals surface area contributed by atoms with Gasteiger partial charge in [-0.2, -0.15) is 0 Å². The Labute approximate surface area is 106 Å². The molecular formula is C13H17N3O2. The minimum atomic E-state index is -0.806. The van der Waals surface area contributed by atoms with Crippen molar-refractivity contribution in [1.82, 2.24) is 14.5 Å². The van der Waals surface area contributed by atoms with Crippen LogP contribution in [0.25, 0.3) is 11.0 Å². The molecule has 0 bridgehead atoms. The van der Waals surface area contributed by atoms with Crippen LogP contribution in [0.5, 0.6) is 0 Å². The molecule has 18 heavy (non-hydrogen) atoms. The number of aromatic nitrogens is 2. The third-order valence-electron chi connectivity index (χ3n) is 3.00. The summed E-state index contributed by atoms with van der Waals surface area (Å²) in [5, 5.41) is 9.30. The summed E-state index contributed by atoms with van der Waals surface area (Å²) in [5.74, 6) is -1.33. The zero-order chi connectivity index (χ0) is 13.3. The second kappa shape index (κ2) is 4.78. The van der Waals surface area contributed by atoms with Crippen LogP contribution in [0, 0.1) is 0 Å². The van der Waals surface area contributed by atoms with E-state index >= 15 is 0 Å². The average molecular weight is 247 g/mol. The fourth-order valence-electron chi connectivity index (χ4n) is 2.06. The van der Waals surface area contributed by atoms with Gasteiger partial charge in [0.2, 0.25) is 0 Å². The molecule has 1 aromatic carbocycles. The maximum absolute atomic E-state index is 11.3. The van der Waals surface area contributed by atoms with Crippen LogP contribution in [0.4, 0.5) is 0 Å². The lowest BCUT2D eigenvalue weighted by Crippen LogP contribution is -2.26. The van der Waals surface area contributed by atoms with Crippen molar-refractivity contribution in [3.8, 4) is 0 Å². The molecule has 0 amide bonds. The minimum absolute atomic E-state index is 0.480. The number of carbonyl (C=O) groups is 1. The lowest BCUT2D eigenvalue weighted by molar-refractivity contribution is -0.139. The average Bonchev–Trinajstić information content (AvgIpc) is 2.67. The first-order valence-electron chi connectivity index (χ1n) is 5.77. The van der Waals surface area contributed by atoms with Gasteiger partial charge in [0.05, 0.1) is 23.3 Å². The fraction of sp³-hybridized carbons (Fsp3) is 0.385. The Morgan fingerprint density at radius 3 is 2.83 bits per heavy atom. The van der Waals surface area contributed by atoms with Crippen molar-refractivity contribution in [3.63, 3.8) is 0 Å². The summed E-state index contributed by atoms with van der Waals surface area (Å²) in [7, 11) is 5.66. The quantitative estimate of drug-likeness (QED) is 0.884. The summed E-state index contributed by atoms with van der Waals surface area (Å²) in [6.07, 6.45) is 1.73. The molecule has 5 heteroatoms. The normalized spacial score (nSPS) is 13.1. The molecule has 0 saturated heterocycles. The first kappa shape index (κ1) is 12.6. The van der Waals surface area contributed by atoms with Crippen LogP contribution in [-0.4, -0.2) is 46.2 Å². The van der Waals surface area contributed by atoms with Crippen LogP contribution in [0.2, 0.25) is 0 Å². The van der Waals surface area contributed by atoms with Crippen molar-refractivity contribution in [2.24, 2.45) is 7.05 Å². The van der Waals surface area contributed by atoms with Gasteiger partial charge in [0.15, 0.2) is 0 Å². The highest BCUT2D eigenvalue weighted by atomic mass is 16.4. The molecule has 0 aliphatic heterocycles. The number of nitrogens with zero attached hydrogens (tertiary/aromatic N) is 3. The molecule has 0 saturated carbocycles. The van der Waals surface area contributed by atoms with Crippen molar-refractivity contribution in [1.29, 1.82) is 0 Å². The first-order valence-corrected chi connectivity index (χ1v) is 5.77. The van der Waals surface area contributed by atoms with Gasteiger partial charge in [0.1, 0.15) is 0 Å². The van der Waals surface area contributed by atoms with Crippen LogP contribution in [0.15, 0.2) is 24.5 Å². The van der Waals surface area contributed by atoms with Gasteiger partial charge in [-0.3, -0.25) is 4.79 Å². The predicted octanol–water partition coefficient (Wildman–Crippen LogP) is 1.30. The Hall–Kier alpha value is -1.88. The number of aryl methyl sites for hydroxylation is 1. The molecule has 1 aromatic heterocycles. The molecule has 2 aromatic rings. The van der Waals surface area contributed by atoms with E-state index in [1.165, 1.54) is 0 Å². The van der Waals surface area contributed by atoms with Crippen molar-refractivity contribution < 1.29 is 9.90 Å². The van der Waals surface area contributed by atoms with Crippen LogP contribution in [-0.2, 0) is 11.8 Å². The van der Waals surface area contributed by atoms with E-state index in [0.717, 1.165) is 16.6 Å². The number of hydrogen-bond acceptors (Lipinski definition) is 3. The van der Waals surface area contributed by atoms with E-state index in [9.17, 15) is 9.90 Å². The third-order valence-corrected chi connectivity index (χ3v) is 3.00. The molecule has 96 valence electrons. The monoisotopic (exact) mass is 247 g/mol. The van der Waals surface area contributed by atoms with Gasteiger partial charge in [-0.05, 0) is 31.8 Å². The van der Waals surface area contributed by atoms with Crippen molar-refractivity contribution in [2.45, 2.75) is 5.92 Å². The second-order valence-corrected chi connectivity index (χ2v) is 4.76. The predicted molar refractivity (Wildman–Crippen MR) is 69.6 cm³/mol. The SMILES string of the molecule is CN(C)CC(C(=O)O)c1ccc2c(c1)ncn2C. The van der Waals surface area contributed by atoms with Crippen LogP contribution in [0.1, 0.15) is 11.5 Å². The van der Waals surface area contributed by atoms with Crippen LogP contribution < -0.4 is 0 Å². The van der Waals surface area contributed by atoms with E-state index in [2.05, 4.69) is 4.98 Å². The molecule has 0 radical (unpaired) electrons. The highest BCUT2D eigenvalue weighted by Gasteiger charge is 2.21. The van der Waals surface area contributed by atoms with Crippen LogP contribution >= 0.6 is 0 Å². The molecule has 0 aliphatic carbocycles. The summed E-state index contributed by atoms with van der Waals surface area (Å²) in [6.45, 7) is 0.480. The number of fused-ring (bicyclic) bond motifs is 1. The van der Waals surface area contributed by atoms with E-state index < -0.39 is 11.9 Å². The Morgan fingerprint density at radius 2 is 2.22 bits per heavy atom. The lowest BCUT2D eigenvalue weighted by Gasteiger charge is -2.17. The molecule has 2 rings (SSSR count). The largest absolute Gasteiger partial charge is 0.481 e. The van der Waals surface area contributed by atoms with E-state index in [1.807, 2.05) is 48.8 Å². The Kier molecular flexibility index (Phi) is 3.34. The van der Waals surface area contributed by atoms with Gasteiger partial charge in [-0.15, -0.1) is 0 Å². The summed E-state index contributed by atoms with van der Waals surface area (Å²) >= 11 is 0. The summed E-state index contributed by atoms with van der Waals surface area (Å²) in [4.78, 5) is 17.5. The van der Waals surface area contributed by atoms with Gasteiger partial charge in [-0.1, -0.05) is 6.07 Å². The van der Waals surface area contributed by atoms with Gasteiger partial charge in [0.25, 0.3) is 0 Å². The zero-order valence-corrected chi connectivity index (χ0v) is 10.8. The maximum atomic E-state index is 11.3. The van der Waals surface area contributed by atoms with E-state index in [-0.39, 0.29) is 0 Å². The molecule has 1 unspecified atom stereocenters. The smallest absolute Gasteiger partial charge is 0.312 e. The molecule has 1 atom stereocenters. The molecule has 5 nitrogen and oxygen atoms in total. The van der Waals surface area contributed by atoms with Gasteiger partial charge in [-0.25, -0.2) is 4.98 Å². The summed E-state index contributed by atoms with van der Waals surface area (Å²) in [6, 6.07) is 5.65. The highest BCUT2D eigenvalue weighted by molar-refractivity contribution is 5.81. The van der Waals surface area contributed by atoms with Crippen LogP contribution in [0.3, 0.4) is 0 Å². The van der Waals surface area contributed by atoms with E-state index in [0.29, 0.717) is 6.54 Å². The highest BCUT2D eigenvalue weighted by Crippen LogP contribution is 2.21. The molecule has 1 heterocycles. The molecule has 1 N–H and O–H groups in total. The Morgan fingerprint density at radius 1 is 1.50 bits per heavy atom. The summed E-state index contributed by atoms with van der Waals surface area (Å²) < 4.78 is 1.92. The standard InChI is InChI=1S/C13H17N3O2/c1-15(2)7-10(13(17)18)9-4-5-12-11(6-9)14-8-16(12)3/h4-6,8,10H,7H2,1-3H3,(H,17,18). The summed E-state index contributed by atoms with van der Waals surface area (Å²) in [5.41, 5.74) is 2.63. The number of carboxylic acids is 1. The number of hydrogen-bond donors (Lipinski definition) is 1. The van der Waals surface area contributed by atoms with E-state index in [4.69, 9.17) is 0 Å².